The topological polar surface area (TPSA) is 68.3 Å². The summed E-state index contributed by atoms with van der Waals surface area (Å²) in [4.78, 5) is 3.93. The van der Waals surface area contributed by atoms with Gasteiger partial charge in [0, 0.05) is 11.2 Å². The third-order valence-corrected chi connectivity index (χ3v) is 4.01. The highest BCUT2D eigenvalue weighted by molar-refractivity contribution is 7.92. The van der Waals surface area contributed by atoms with Gasteiger partial charge in [-0.25, -0.2) is 8.42 Å². The Hall–Kier alpha value is -1.79. The van der Waals surface area contributed by atoms with Gasteiger partial charge in [-0.15, -0.1) is 0 Å². The van der Waals surface area contributed by atoms with Crippen LogP contribution in [0.3, 0.4) is 0 Å². The lowest BCUT2D eigenvalue weighted by Gasteiger charge is -2.12. The zero-order valence-corrected chi connectivity index (χ0v) is 12.3. The molecule has 1 aromatic heterocycles. The monoisotopic (exact) mass is 312 g/mol. The Morgan fingerprint density at radius 1 is 1.25 bits per heavy atom. The third-order valence-electron chi connectivity index (χ3n) is 2.47. The van der Waals surface area contributed by atoms with Crippen LogP contribution in [0, 0.1) is 0 Å². The second-order valence-corrected chi connectivity index (χ2v) is 6.38. The molecule has 7 heteroatoms. The SMILES string of the molecule is CCS(=O)(=O)Nc1ccncc1Oc1ccc(Cl)cc1. The van der Waals surface area contributed by atoms with E-state index in [-0.39, 0.29) is 5.75 Å². The van der Waals surface area contributed by atoms with Gasteiger partial charge in [-0.1, -0.05) is 11.6 Å². The number of ether oxygens (including phenoxy) is 1. The molecular formula is C13H13ClN2O3S. The minimum atomic E-state index is -3.37. The number of sulfonamides is 1. The van der Waals surface area contributed by atoms with E-state index in [4.69, 9.17) is 16.3 Å². The van der Waals surface area contributed by atoms with Crippen LogP contribution in [0.25, 0.3) is 0 Å². The Bertz CT molecular complexity index is 687. The van der Waals surface area contributed by atoms with E-state index in [0.717, 1.165) is 0 Å². The van der Waals surface area contributed by atoms with E-state index in [0.29, 0.717) is 22.2 Å². The largest absolute Gasteiger partial charge is 0.454 e. The number of hydrogen-bond acceptors (Lipinski definition) is 4. The second kappa shape index (κ2) is 6.11. The van der Waals surface area contributed by atoms with Crippen LogP contribution in [-0.2, 0) is 10.0 Å². The quantitative estimate of drug-likeness (QED) is 0.920. The van der Waals surface area contributed by atoms with Crippen molar-refractivity contribution in [3.63, 3.8) is 0 Å². The summed E-state index contributed by atoms with van der Waals surface area (Å²) >= 11 is 5.79. The summed E-state index contributed by atoms with van der Waals surface area (Å²) in [6, 6.07) is 8.28. The van der Waals surface area contributed by atoms with Gasteiger partial charge in [-0.05, 0) is 37.3 Å². The Morgan fingerprint density at radius 3 is 2.60 bits per heavy atom. The first-order chi connectivity index (χ1) is 9.50. The zero-order valence-electron chi connectivity index (χ0n) is 10.7. The summed E-state index contributed by atoms with van der Waals surface area (Å²) in [6.45, 7) is 1.56. The highest BCUT2D eigenvalue weighted by atomic mass is 35.5. The molecule has 1 N–H and O–H groups in total. The van der Waals surface area contributed by atoms with E-state index in [1.807, 2.05) is 0 Å². The Balaban J connectivity index is 2.26. The van der Waals surface area contributed by atoms with Gasteiger partial charge in [0.2, 0.25) is 10.0 Å². The molecule has 0 amide bonds. The molecule has 1 aromatic carbocycles. The van der Waals surface area contributed by atoms with Crippen LogP contribution in [-0.4, -0.2) is 19.2 Å². The molecule has 0 unspecified atom stereocenters. The standard InChI is InChI=1S/C13H13ClN2O3S/c1-2-20(17,18)16-12-7-8-15-9-13(12)19-11-5-3-10(14)4-6-11/h3-9H,2H2,1H3,(H,15,16). The zero-order chi connectivity index (χ0) is 14.6. The predicted octanol–water partition coefficient (Wildman–Crippen LogP) is 3.29. The first-order valence-electron chi connectivity index (χ1n) is 5.88. The second-order valence-electron chi connectivity index (χ2n) is 3.93. The molecule has 2 rings (SSSR count). The maximum Gasteiger partial charge on any atom is 0.232 e. The molecule has 0 aliphatic carbocycles. The van der Waals surface area contributed by atoms with E-state index < -0.39 is 10.0 Å². The van der Waals surface area contributed by atoms with Gasteiger partial charge in [-0.2, -0.15) is 0 Å². The molecule has 0 saturated carbocycles. The summed E-state index contributed by atoms with van der Waals surface area (Å²) in [6.07, 6.45) is 2.93. The molecule has 5 nitrogen and oxygen atoms in total. The minimum absolute atomic E-state index is 0.0181. The van der Waals surface area contributed by atoms with Gasteiger partial charge < -0.3 is 4.74 Å². The van der Waals surface area contributed by atoms with Crippen molar-refractivity contribution in [3.8, 4) is 11.5 Å². The maximum absolute atomic E-state index is 11.6. The first-order valence-corrected chi connectivity index (χ1v) is 7.91. The molecule has 0 radical (unpaired) electrons. The average Bonchev–Trinajstić information content (AvgIpc) is 2.43. The molecule has 0 spiro atoms. The van der Waals surface area contributed by atoms with Crippen molar-refractivity contribution in [3.05, 3.63) is 47.7 Å². The fraction of sp³-hybridized carbons (Fsp3) is 0.154. The number of rotatable bonds is 5. The highest BCUT2D eigenvalue weighted by Gasteiger charge is 2.12. The summed E-state index contributed by atoms with van der Waals surface area (Å²) in [5.74, 6) is 0.849. The lowest BCUT2D eigenvalue weighted by atomic mass is 10.3. The van der Waals surface area contributed by atoms with Gasteiger partial charge >= 0.3 is 0 Å². The molecular weight excluding hydrogens is 300 g/mol. The number of halogens is 1. The minimum Gasteiger partial charge on any atom is -0.454 e. The van der Waals surface area contributed by atoms with E-state index >= 15 is 0 Å². The normalized spacial score (nSPS) is 11.1. The van der Waals surface area contributed by atoms with Crippen molar-refractivity contribution in [2.75, 3.05) is 10.5 Å². The maximum atomic E-state index is 11.6. The number of benzene rings is 1. The van der Waals surface area contributed by atoms with Crippen molar-refractivity contribution in [1.29, 1.82) is 0 Å². The van der Waals surface area contributed by atoms with Crippen LogP contribution >= 0.6 is 11.6 Å². The molecule has 106 valence electrons. The number of anilines is 1. The van der Waals surface area contributed by atoms with Crippen LogP contribution in [0.1, 0.15) is 6.92 Å². The number of hydrogen-bond donors (Lipinski definition) is 1. The fourth-order valence-electron chi connectivity index (χ4n) is 1.41. The Morgan fingerprint density at radius 2 is 1.95 bits per heavy atom. The molecule has 0 saturated heterocycles. The summed E-state index contributed by atoms with van der Waals surface area (Å²) in [5, 5.41) is 0.593. The van der Waals surface area contributed by atoms with Gasteiger partial charge in [0.1, 0.15) is 5.75 Å². The number of nitrogens with one attached hydrogen (secondary N) is 1. The molecule has 20 heavy (non-hydrogen) atoms. The summed E-state index contributed by atoms with van der Waals surface area (Å²) in [7, 11) is -3.37. The van der Waals surface area contributed by atoms with Crippen LogP contribution in [0.15, 0.2) is 42.7 Å². The van der Waals surface area contributed by atoms with Crippen LogP contribution in [0.2, 0.25) is 5.02 Å². The van der Waals surface area contributed by atoms with Gasteiger partial charge in [0.05, 0.1) is 17.6 Å². The molecule has 2 aromatic rings. The van der Waals surface area contributed by atoms with Crippen LogP contribution in [0.4, 0.5) is 5.69 Å². The van der Waals surface area contributed by atoms with Crippen LogP contribution in [0.5, 0.6) is 11.5 Å². The highest BCUT2D eigenvalue weighted by Crippen LogP contribution is 2.29. The van der Waals surface area contributed by atoms with E-state index in [9.17, 15) is 8.42 Å². The molecule has 0 aliphatic heterocycles. The van der Waals surface area contributed by atoms with Crippen molar-refractivity contribution >= 4 is 27.3 Å². The number of pyridine rings is 1. The number of aromatic nitrogens is 1. The summed E-state index contributed by atoms with van der Waals surface area (Å²) < 4.78 is 31.3. The van der Waals surface area contributed by atoms with Gasteiger partial charge in [-0.3, -0.25) is 9.71 Å². The lowest BCUT2D eigenvalue weighted by molar-refractivity contribution is 0.482. The van der Waals surface area contributed by atoms with E-state index in [2.05, 4.69) is 9.71 Å². The lowest BCUT2D eigenvalue weighted by Crippen LogP contribution is -2.15. The van der Waals surface area contributed by atoms with E-state index in [1.165, 1.54) is 12.4 Å². The summed E-state index contributed by atoms with van der Waals surface area (Å²) in [5.41, 5.74) is 0.344. The molecule has 0 fully saturated rings. The average molecular weight is 313 g/mol. The van der Waals surface area contributed by atoms with E-state index in [1.54, 1.807) is 37.3 Å². The first kappa shape index (κ1) is 14.6. The fourth-order valence-corrected chi connectivity index (χ4v) is 2.19. The van der Waals surface area contributed by atoms with Crippen molar-refractivity contribution in [2.24, 2.45) is 0 Å². The number of nitrogens with zero attached hydrogens (tertiary/aromatic N) is 1. The Kier molecular flexibility index (Phi) is 4.46. The third kappa shape index (κ3) is 3.85. The smallest absolute Gasteiger partial charge is 0.232 e. The molecule has 0 aliphatic rings. The van der Waals surface area contributed by atoms with Crippen LogP contribution < -0.4 is 9.46 Å². The van der Waals surface area contributed by atoms with Crippen molar-refractivity contribution in [2.45, 2.75) is 6.92 Å². The van der Waals surface area contributed by atoms with Crippen molar-refractivity contribution in [1.82, 2.24) is 4.98 Å². The predicted molar refractivity (Wildman–Crippen MR) is 78.8 cm³/mol. The molecule has 1 heterocycles. The van der Waals surface area contributed by atoms with Gasteiger partial charge in [0.15, 0.2) is 5.75 Å². The van der Waals surface area contributed by atoms with Gasteiger partial charge in [0.25, 0.3) is 0 Å². The Labute approximate surface area is 122 Å². The molecule has 0 bridgehead atoms. The molecule has 0 atom stereocenters. The van der Waals surface area contributed by atoms with Crippen molar-refractivity contribution < 1.29 is 13.2 Å².